The molecular formula is C20H26N2O3S. The number of aryl methyl sites for hydroxylation is 2. The van der Waals surface area contributed by atoms with Gasteiger partial charge in [0, 0.05) is 5.92 Å². The molecule has 1 fully saturated rings. The van der Waals surface area contributed by atoms with E-state index in [1.807, 2.05) is 24.5 Å². The first-order chi connectivity index (χ1) is 12.5. The SMILES string of the molecule is CCOC(=O)Cn1c(=NC(=O)C2CCCCC2)sc2c(C)cc(C)cc21. The monoisotopic (exact) mass is 374 g/mol. The number of nitrogens with zero attached hydrogens (tertiary/aromatic N) is 2. The van der Waals surface area contributed by atoms with Gasteiger partial charge in [0.05, 0.1) is 16.8 Å². The molecule has 0 aliphatic heterocycles. The predicted molar refractivity (Wildman–Crippen MR) is 103 cm³/mol. The van der Waals surface area contributed by atoms with Gasteiger partial charge in [-0.25, -0.2) is 0 Å². The van der Waals surface area contributed by atoms with Crippen molar-refractivity contribution in [2.75, 3.05) is 6.61 Å². The summed E-state index contributed by atoms with van der Waals surface area (Å²) >= 11 is 1.48. The lowest BCUT2D eigenvalue weighted by Crippen LogP contribution is -2.25. The van der Waals surface area contributed by atoms with Gasteiger partial charge in [0.1, 0.15) is 6.54 Å². The van der Waals surface area contributed by atoms with E-state index in [0.717, 1.165) is 47.0 Å². The van der Waals surface area contributed by atoms with Crippen LogP contribution in [0.4, 0.5) is 0 Å². The highest BCUT2D eigenvalue weighted by Gasteiger charge is 2.21. The maximum absolute atomic E-state index is 12.7. The zero-order valence-corrected chi connectivity index (χ0v) is 16.5. The van der Waals surface area contributed by atoms with Gasteiger partial charge in [-0.15, -0.1) is 0 Å². The summed E-state index contributed by atoms with van der Waals surface area (Å²) in [6.07, 6.45) is 5.24. The van der Waals surface area contributed by atoms with Crippen LogP contribution < -0.4 is 4.80 Å². The summed E-state index contributed by atoms with van der Waals surface area (Å²) in [4.78, 5) is 29.8. The quantitative estimate of drug-likeness (QED) is 0.763. The Morgan fingerprint density at radius 3 is 2.65 bits per heavy atom. The van der Waals surface area contributed by atoms with Crippen molar-refractivity contribution < 1.29 is 14.3 Å². The average Bonchev–Trinajstić information content (AvgIpc) is 2.94. The highest BCUT2D eigenvalue weighted by atomic mass is 32.1. The van der Waals surface area contributed by atoms with Crippen molar-refractivity contribution in [3.8, 4) is 0 Å². The van der Waals surface area contributed by atoms with E-state index in [0.29, 0.717) is 11.4 Å². The number of carbonyl (C=O) groups excluding carboxylic acids is 2. The Morgan fingerprint density at radius 1 is 1.23 bits per heavy atom. The van der Waals surface area contributed by atoms with Crippen LogP contribution in [0, 0.1) is 19.8 Å². The minimum atomic E-state index is -0.307. The maximum Gasteiger partial charge on any atom is 0.326 e. The van der Waals surface area contributed by atoms with Crippen LogP contribution in [0.5, 0.6) is 0 Å². The third kappa shape index (κ3) is 4.06. The number of rotatable bonds is 4. The molecular weight excluding hydrogens is 348 g/mol. The molecule has 1 aromatic heterocycles. The average molecular weight is 375 g/mol. The largest absolute Gasteiger partial charge is 0.465 e. The first kappa shape index (κ1) is 18.8. The number of amides is 1. The van der Waals surface area contributed by atoms with E-state index in [4.69, 9.17) is 4.74 Å². The van der Waals surface area contributed by atoms with E-state index in [-0.39, 0.29) is 24.3 Å². The molecule has 0 spiro atoms. The topological polar surface area (TPSA) is 60.7 Å². The van der Waals surface area contributed by atoms with Crippen molar-refractivity contribution in [3.63, 3.8) is 0 Å². The Labute approximate surface area is 157 Å². The molecule has 6 heteroatoms. The minimum absolute atomic E-state index is 0.0211. The number of ether oxygens (including phenoxy) is 1. The molecule has 3 rings (SSSR count). The molecule has 1 aromatic carbocycles. The lowest BCUT2D eigenvalue weighted by atomic mass is 9.89. The summed E-state index contributed by atoms with van der Waals surface area (Å²) < 4.78 is 8.02. The summed E-state index contributed by atoms with van der Waals surface area (Å²) in [5.41, 5.74) is 3.19. The number of fused-ring (bicyclic) bond motifs is 1. The molecule has 0 bridgehead atoms. The van der Waals surface area contributed by atoms with Gasteiger partial charge in [0.25, 0.3) is 5.91 Å². The van der Waals surface area contributed by atoms with Crippen LogP contribution in [0.1, 0.15) is 50.2 Å². The molecule has 5 nitrogen and oxygen atoms in total. The van der Waals surface area contributed by atoms with Crippen LogP contribution in [0.2, 0.25) is 0 Å². The first-order valence-electron chi connectivity index (χ1n) is 9.34. The van der Waals surface area contributed by atoms with Crippen LogP contribution in [0.25, 0.3) is 10.2 Å². The van der Waals surface area contributed by atoms with Gasteiger partial charge in [-0.3, -0.25) is 9.59 Å². The fourth-order valence-corrected chi connectivity index (χ4v) is 4.71. The lowest BCUT2D eigenvalue weighted by molar-refractivity contribution is -0.143. The fourth-order valence-electron chi connectivity index (χ4n) is 3.62. The second-order valence-electron chi connectivity index (χ2n) is 6.99. The van der Waals surface area contributed by atoms with E-state index in [9.17, 15) is 9.59 Å². The molecule has 0 unspecified atom stereocenters. The summed E-state index contributed by atoms with van der Waals surface area (Å²) in [6, 6.07) is 4.16. The van der Waals surface area contributed by atoms with Crippen LogP contribution in [-0.4, -0.2) is 23.1 Å². The normalized spacial score (nSPS) is 16.2. The summed E-state index contributed by atoms with van der Waals surface area (Å²) in [7, 11) is 0. The van der Waals surface area contributed by atoms with E-state index in [2.05, 4.69) is 11.1 Å². The second-order valence-corrected chi connectivity index (χ2v) is 7.97. The first-order valence-corrected chi connectivity index (χ1v) is 10.2. The molecule has 140 valence electrons. The van der Waals surface area contributed by atoms with Gasteiger partial charge >= 0.3 is 5.97 Å². The Hall–Kier alpha value is -1.95. The summed E-state index contributed by atoms with van der Waals surface area (Å²) in [6.45, 7) is 6.29. The Morgan fingerprint density at radius 2 is 1.96 bits per heavy atom. The van der Waals surface area contributed by atoms with E-state index in [1.54, 1.807) is 6.92 Å². The Balaban J connectivity index is 2.07. The third-order valence-electron chi connectivity index (χ3n) is 4.87. The zero-order chi connectivity index (χ0) is 18.7. The molecule has 0 saturated heterocycles. The highest BCUT2D eigenvalue weighted by molar-refractivity contribution is 7.16. The van der Waals surface area contributed by atoms with Crippen molar-refractivity contribution >= 4 is 33.4 Å². The zero-order valence-electron chi connectivity index (χ0n) is 15.7. The lowest BCUT2D eigenvalue weighted by Gasteiger charge is -2.17. The molecule has 26 heavy (non-hydrogen) atoms. The van der Waals surface area contributed by atoms with E-state index < -0.39 is 0 Å². The molecule has 1 aliphatic carbocycles. The molecule has 1 amide bonds. The number of hydrogen-bond acceptors (Lipinski definition) is 4. The standard InChI is InChI=1S/C20H26N2O3S/c1-4-25-17(23)12-22-16-11-13(2)10-14(3)18(16)26-20(22)21-19(24)15-8-6-5-7-9-15/h10-11,15H,4-9,12H2,1-3H3. The second kappa shape index (κ2) is 8.16. The minimum Gasteiger partial charge on any atom is -0.465 e. The van der Waals surface area contributed by atoms with Gasteiger partial charge < -0.3 is 9.30 Å². The smallest absolute Gasteiger partial charge is 0.326 e. The molecule has 0 atom stereocenters. The molecule has 1 saturated carbocycles. The van der Waals surface area contributed by atoms with Crippen molar-refractivity contribution in [3.05, 3.63) is 28.1 Å². The van der Waals surface area contributed by atoms with E-state index >= 15 is 0 Å². The van der Waals surface area contributed by atoms with Gasteiger partial charge in [-0.05, 0) is 50.8 Å². The Kier molecular flexibility index (Phi) is 5.91. The van der Waals surface area contributed by atoms with Crippen molar-refractivity contribution in [1.82, 2.24) is 4.57 Å². The van der Waals surface area contributed by atoms with Crippen LogP contribution in [-0.2, 0) is 20.9 Å². The van der Waals surface area contributed by atoms with Gasteiger partial charge in [-0.1, -0.05) is 36.7 Å². The van der Waals surface area contributed by atoms with Gasteiger partial charge in [0.2, 0.25) is 0 Å². The summed E-state index contributed by atoms with van der Waals surface area (Å²) in [5.74, 6) is -0.339. The van der Waals surface area contributed by atoms with Crippen LogP contribution in [0.15, 0.2) is 17.1 Å². The molecule has 2 aromatic rings. The fraction of sp³-hybridized carbons (Fsp3) is 0.550. The highest BCUT2D eigenvalue weighted by Crippen LogP contribution is 2.26. The summed E-state index contributed by atoms with van der Waals surface area (Å²) in [5, 5.41) is 0. The predicted octanol–water partition coefficient (Wildman–Crippen LogP) is 3.89. The van der Waals surface area contributed by atoms with Crippen LogP contribution >= 0.6 is 11.3 Å². The molecule has 0 radical (unpaired) electrons. The number of esters is 1. The number of carbonyl (C=O) groups is 2. The number of hydrogen-bond donors (Lipinski definition) is 0. The van der Waals surface area contributed by atoms with Gasteiger partial charge in [-0.2, -0.15) is 4.99 Å². The number of benzene rings is 1. The van der Waals surface area contributed by atoms with E-state index in [1.165, 1.54) is 17.8 Å². The number of thiazole rings is 1. The Bertz CT molecular complexity index is 888. The van der Waals surface area contributed by atoms with Crippen molar-refractivity contribution in [2.24, 2.45) is 10.9 Å². The third-order valence-corrected chi connectivity index (χ3v) is 6.10. The number of aromatic nitrogens is 1. The molecule has 1 aliphatic rings. The molecule has 1 heterocycles. The van der Waals surface area contributed by atoms with Crippen molar-refractivity contribution in [1.29, 1.82) is 0 Å². The molecule has 0 N–H and O–H groups in total. The van der Waals surface area contributed by atoms with Crippen LogP contribution in [0.3, 0.4) is 0 Å². The van der Waals surface area contributed by atoms with Crippen molar-refractivity contribution in [2.45, 2.75) is 59.4 Å². The van der Waals surface area contributed by atoms with Gasteiger partial charge in [0.15, 0.2) is 4.80 Å². The maximum atomic E-state index is 12.7.